The largest absolute Gasteiger partial charge is 0.376 e. The first-order valence-corrected chi connectivity index (χ1v) is 7.25. The van der Waals surface area contributed by atoms with Crippen LogP contribution in [-0.2, 0) is 4.74 Å². The first-order valence-electron chi connectivity index (χ1n) is 7.25. The van der Waals surface area contributed by atoms with Gasteiger partial charge in [-0.05, 0) is 17.7 Å². The normalized spacial score (nSPS) is 21.4. The van der Waals surface area contributed by atoms with E-state index in [9.17, 15) is 0 Å². The van der Waals surface area contributed by atoms with Gasteiger partial charge in [-0.2, -0.15) is 0 Å². The number of fused-ring (bicyclic) bond motifs is 3. The fourth-order valence-electron chi connectivity index (χ4n) is 3.19. The van der Waals surface area contributed by atoms with Crippen LogP contribution in [0.1, 0.15) is 11.5 Å². The number of hydrogen-bond acceptors (Lipinski definition) is 1. The maximum Gasteiger partial charge on any atom is 0.0858 e. The molecule has 1 heterocycles. The van der Waals surface area contributed by atoms with Gasteiger partial charge in [0.05, 0.1) is 6.10 Å². The summed E-state index contributed by atoms with van der Waals surface area (Å²) in [6, 6.07) is 15.1. The summed E-state index contributed by atoms with van der Waals surface area (Å²) in [6.45, 7) is 0. The summed E-state index contributed by atoms with van der Waals surface area (Å²) < 4.78 is 5.58. The van der Waals surface area contributed by atoms with Crippen molar-refractivity contribution in [2.75, 3.05) is 7.11 Å². The van der Waals surface area contributed by atoms with Gasteiger partial charge in [-0.25, -0.2) is 0 Å². The van der Waals surface area contributed by atoms with Crippen molar-refractivity contribution in [2.24, 2.45) is 0 Å². The predicted molar refractivity (Wildman–Crippen MR) is 87.6 cm³/mol. The number of allylic oxidation sites excluding steroid dienone is 2. The molecule has 0 spiro atoms. The molecule has 0 radical (unpaired) electrons. The lowest BCUT2D eigenvalue weighted by molar-refractivity contribution is 0.128. The number of benzene rings is 2. The van der Waals surface area contributed by atoms with E-state index in [-0.39, 0.29) is 12.0 Å². The molecule has 1 aromatic heterocycles. The highest BCUT2D eigenvalue weighted by Gasteiger charge is 2.20. The average Bonchev–Trinajstić information content (AvgIpc) is 2.92. The Labute approximate surface area is 123 Å². The fraction of sp³-hybridized carbons (Fsp3) is 0.158. The van der Waals surface area contributed by atoms with Gasteiger partial charge in [0.15, 0.2) is 0 Å². The van der Waals surface area contributed by atoms with Crippen LogP contribution >= 0.6 is 0 Å². The minimum absolute atomic E-state index is 0.108. The molecule has 0 amide bonds. The summed E-state index contributed by atoms with van der Waals surface area (Å²) in [7, 11) is 1.77. The molecule has 104 valence electrons. The number of para-hydroxylation sites is 1. The van der Waals surface area contributed by atoms with Crippen molar-refractivity contribution in [1.29, 1.82) is 0 Å². The van der Waals surface area contributed by atoms with Gasteiger partial charge < -0.3 is 9.72 Å². The van der Waals surface area contributed by atoms with Crippen molar-refractivity contribution in [3.63, 3.8) is 0 Å². The van der Waals surface area contributed by atoms with E-state index in [0.717, 1.165) is 0 Å². The van der Waals surface area contributed by atoms with Gasteiger partial charge in [0.1, 0.15) is 0 Å². The maximum absolute atomic E-state index is 5.58. The fourth-order valence-corrected chi connectivity index (χ4v) is 3.19. The van der Waals surface area contributed by atoms with Crippen molar-refractivity contribution in [3.05, 3.63) is 72.3 Å². The average molecular weight is 275 g/mol. The smallest absolute Gasteiger partial charge is 0.0858 e. The Hall–Kier alpha value is -2.32. The molecule has 0 aliphatic heterocycles. The number of H-pyrrole nitrogens is 1. The summed E-state index contributed by atoms with van der Waals surface area (Å²) in [5, 5.41) is 2.56. The van der Waals surface area contributed by atoms with Crippen molar-refractivity contribution in [2.45, 2.75) is 12.0 Å². The molecule has 2 unspecified atom stereocenters. The Morgan fingerprint density at radius 2 is 1.71 bits per heavy atom. The van der Waals surface area contributed by atoms with E-state index < -0.39 is 0 Å². The number of aromatic amines is 1. The molecule has 1 aliphatic rings. The SMILES string of the molecule is COC1C=CC=CC1c1ccc2c(c1)[nH]c1ccccc12. The summed E-state index contributed by atoms with van der Waals surface area (Å²) >= 11 is 0. The Balaban J connectivity index is 1.85. The van der Waals surface area contributed by atoms with Crippen LogP contribution in [0.5, 0.6) is 0 Å². The third kappa shape index (κ3) is 1.99. The monoisotopic (exact) mass is 275 g/mol. The van der Waals surface area contributed by atoms with Gasteiger partial charge in [-0.1, -0.05) is 54.6 Å². The maximum atomic E-state index is 5.58. The molecule has 3 aromatic rings. The van der Waals surface area contributed by atoms with Crippen LogP contribution in [0.25, 0.3) is 21.8 Å². The van der Waals surface area contributed by atoms with E-state index in [1.54, 1.807) is 7.11 Å². The van der Waals surface area contributed by atoms with Gasteiger partial charge >= 0.3 is 0 Å². The van der Waals surface area contributed by atoms with Gasteiger partial charge in [0.2, 0.25) is 0 Å². The summed E-state index contributed by atoms with van der Waals surface area (Å²) in [5.74, 6) is 0.274. The zero-order valence-electron chi connectivity index (χ0n) is 11.9. The number of aromatic nitrogens is 1. The number of nitrogens with one attached hydrogen (secondary N) is 1. The first kappa shape index (κ1) is 12.4. The molecule has 2 nitrogen and oxygen atoms in total. The van der Waals surface area contributed by atoms with E-state index in [4.69, 9.17) is 4.74 Å². The topological polar surface area (TPSA) is 25.0 Å². The Morgan fingerprint density at radius 3 is 2.62 bits per heavy atom. The van der Waals surface area contributed by atoms with Crippen LogP contribution < -0.4 is 0 Å². The molecule has 1 N–H and O–H groups in total. The first-order chi connectivity index (χ1) is 10.4. The van der Waals surface area contributed by atoms with Gasteiger partial charge in [0.25, 0.3) is 0 Å². The molecule has 0 fully saturated rings. The van der Waals surface area contributed by atoms with Crippen LogP contribution in [0.3, 0.4) is 0 Å². The summed E-state index contributed by atoms with van der Waals surface area (Å²) in [4.78, 5) is 3.51. The van der Waals surface area contributed by atoms with Crippen molar-refractivity contribution < 1.29 is 4.74 Å². The van der Waals surface area contributed by atoms with Crippen molar-refractivity contribution >= 4 is 21.8 Å². The Bertz CT molecular complexity index is 856. The van der Waals surface area contributed by atoms with Crippen LogP contribution in [0, 0.1) is 0 Å². The number of ether oxygens (including phenoxy) is 1. The standard InChI is InChI=1S/C19H17NO/c1-21-19-9-5-3-6-14(19)13-10-11-16-15-7-2-4-8-17(15)20-18(16)12-13/h2-12,14,19-20H,1H3. The van der Waals surface area contributed by atoms with Gasteiger partial charge in [0, 0.05) is 34.8 Å². The van der Waals surface area contributed by atoms with Crippen molar-refractivity contribution in [1.82, 2.24) is 4.98 Å². The molecule has 0 bridgehead atoms. The molecule has 2 atom stereocenters. The minimum Gasteiger partial charge on any atom is -0.376 e. The quantitative estimate of drug-likeness (QED) is 0.729. The second-order valence-corrected chi connectivity index (χ2v) is 5.47. The highest BCUT2D eigenvalue weighted by Crippen LogP contribution is 2.32. The Kier molecular flexibility index (Phi) is 2.90. The molecule has 0 saturated heterocycles. The zero-order valence-corrected chi connectivity index (χ0v) is 11.9. The molecule has 1 aliphatic carbocycles. The van der Waals surface area contributed by atoms with Crippen LogP contribution in [0.4, 0.5) is 0 Å². The highest BCUT2D eigenvalue weighted by molar-refractivity contribution is 6.07. The van der Waals surface area contributed by atoms with E-state index in [0.29, 0.717) is 0 Å². The molecule has 21 heavy (non-hydrogen) atoms. The second-order valence-electron chi connectivity index (χ2n) is 5.47. The highest BCUT2D eigenvalue weighted by atomic mass is 16.5. The third-order valence-corrected chi connectivity index (χ3v) is 4.27. The molecular formula is C19H17NO. The van der Waals surface area contributed by atoms with Crippen LogP contribution in [0.2, 0.25) is 0 Å². The summed E-state index contributed by atoms with van der Waals surface area (Å²) in [6.07, 6.45) is 8.57. The van der Waals surface area contributed by atoms with Gasteiger partial charge in [-0.15, -0.1) is 0 Å². The van der Waals surface area contributed by atoms with Gasteiger partial charge in [-0.3, -0.25) is 0 Å². The molecule has 2 heteroatoms. The van der Waals surface area contributed by atoms with Crippen LogP contribution in [0.15, 0.2) is 66.8 Å². The molecule has 4 rings (SSSR count). The van der Waals surface area contributed by atoms with E-state index in [1.807, 2.05) is 6.08 Å². The zero-order chi connectivity index (χ0) is 14.2. The van der Waals surface area contributed by atoms with Crippen molar-refractivity contribution in [3.8, 4) is 0 Å². The molecular weight excluding hydrogens is 258 g/mol. The predicted octanol–water partition coefficient (Wildman–Crippen LogP) is 4.55. The lowest BCUT2D eigenvalue weighted by atomic mass is 9.89. The van der Waals surface area contributed by atoms with E-state index in [1.165, 1.54) is 27.4 Å². The van der Waals surface area contributed by atoms with E-state index in [2.05, 4.69) is 65.7 Å². The number of hydrogen-bond donors (Lipinski definition) is 1. The lowest BCUT2D eigenvalue weighted by Crippen LogP contribution is -2.18. The number of methoxy groups -OCH3 is 1. The molecule has 2 aromatic carbocycles. The molecule has 0 saturated carbocycles. The Morgan fingerprint density at radius 1 is 0.905 bits per heavy atom. The van der Waals surface area contributed by atoms with Crippen LogP contribution in [-0.4, -0.2) is 18.2 Å². The lowest BCUT2D eigenvalue weighted by Gasteiger charge is -2.23. The second kappa shape index (κ2) is 4.90. The summed E-state index contributed by atoms with van der Waals surface area (Å²) in [5.41, 5.74) is 3.65. The third-order valence-electron chi connectivity index (χ3n) is 4.27. The minimum atomic E-state index is 0.108. The van der Waals surface area contributed by atoms with E-state index >= 15 is 0 Å². The number of rotatable bonds is 2.